The average molecular weight is 384 g/mol. The van der Waals surface area contributed by atoms with Crippen LogP contribution < -0.4 is 16.6 Å². The summed E-state index contributed by atoms with van der Waals surface area (Å²) in [5, 5.41) is 3.19. The number of carbonyl (C=O) groups excluding carboxylic acids is 1. The Balaban J connectivity index is 1.95. The maximum Gasteiger partial charge on any atom is 0.329 e. The van der Waals surface area contributed by atoms with Gasteiger partial charge >= 0.3 is 5.69 Å². The number of fused-ring (bicyclic) bond motifs is 1. The first-order chi connectivity index (χ1) is 13.1. The van der Waals surface area contributed by atoms with Gasteiger partial charge in [0, 0.05) is 18.9 Å². The number of H-pyrrole nitrogens is 1. The van der Waals surface area contributed by atoms with Crippen molar-refractivity contribution < 1.29 is 4.79 Å². The number of hydrogen-bond donors (Lipinski definition) is 2. The van der Waals surface area contributed by atoms with Crippen molar-refractivity contribution in [3.8, 4) is 0 Å². The van der Waals surface area contributed by atoms with Crippen molar-refractivity contribution >= 4 is 28.6 Å². The summed E-state index contributed by atoms with van der Waals surface area (Å²) >= 11 is 1.55. The Morgan fingerprint density at radius 1 is 1.26 bits per heavy atom. The quantitative estimate of drug-likeness (QED) is 0.646. The van der Waals surface area contributed by atoms with Crippen LogP contribution in [-0.2, 0) is 11.3 Å². The van der Waals surface area contributed by atoms with E-state index in [9.17, 15) is 14.4 Å². The normalized spacial score (nSPS) is 12.0. The molecule has 1 amide bonds. The number of carbonyl (C=O) groups is 1. The van der Waals surface area contributed by atoms with Crippen molar-refractivity contribution in [1.29, 1.82) is 0 Å². The summed E-state index contributed by atoms with van der Waals surface area (Å²) in [5.74, 6) is 0.278. The first-order valence-electron chi connectivity index (χ1n) is 8.51. The third-order valence-electron chi connectivity index (χ3n) is 4.24. The molecule has 140 valence electrons. The summed E-state index contributed by atoms with van der Waals surface area (Å²) in [4.78, 5) is 44.9. The fourth-order valence-electron chi connectivity index (χ4n) is 2.88. The highest BCUT2D eigenvalue weighted by Crippen LogP contribution is 2.13. The van der Waals surface area contributed by atoms with E-state index in [0.717, 1.165) is 10.1 Å². The Labute approximate surface area is 159 Å². The summed E-state index contributed by atoms with van der Waals surface area (Å²) in [5.41, 5.74) is 0.260. The first kappa shape index (κ1) is 18.9. The number of aromatic amines is 1. The highest BCUT2D eigenvalue weighted by molar-refractivity contribution is 7.98. The van der Waals surface area contributed by atoms with Crippen molar-refractivity contribution in [2.45, 2.75) is 19.0 Å². The van der Waals surface area contributed by atoms with E-state index < -0.39 is 17.3 Å². The molecule has 2 N–H and O–H groups in total. The zero-order valence-corrected chi connectivity index (χ0v) is 15.7. The Morgan fingerprint density at radius 2 is 2.07 bits per heavy atom. The Bertz CT molecular complexity index is 1050. The molecular weight excluding hydrogens is 364 g/mol. The van der Waals surface area contributed by atoms with Crippen LogP contribution in [0.5, 0.6) is 0 Å². The number of nitrogens with zero attached hydrogens (tertiary/aromatic N) is 2. The SMILES string of the molecule is CSCCC(C(=O)NCc1cccnc1)n1c(=O)[nH]c2ccccc2c1=O. The zero-order chi connectivity index (χ0) is 19.2. The second kappa shape index (κ2) is 8.68. The molecule has 0 radical (unpaired) electrons. The molecule has 3 rings (SSSR count). The van der Waals surface area contributed by atoms with Gasteiger partial charge in [-0.2, -0.15) is 11.8 Å². The molecule has 7 nitrogen and oxygen atoms in total. The molecule has 1 atom stereocenters. The van der Waals surface area contributed by atoms with Crippen LogP contribution in [0, 0.1) is 0 Å². The van der Waals surface area contributed by atoms with Gasteiger partial charge in [-0.3, -0.25) is 14.6 Å². The van der Waals surface area contributed by atoms with Gasteiger partial charge in [0.15, 0.2) is 0 Å². The fourth-order valence-corrected chi connectivity index (χ4v) is 3.33. The van der Waals surface area contributed by atoms with Crippen LogP contribution >= 0.6 is 11.8 Å². The average Bonchev–Trinajstić information content (AvgIpc) is 2.69. The molecule has 27 heavy (non-hydrogen) atoms. The number of pyridine rings is 1. The molecule has 0 fully saturated rings. The molecule has 2 heterocycles. The second-order valence-electron chi connectivity index (χ2n) is 6.03. The van der Waals surface area contributed by atoms with Crippen LogP contribution in [0.15, 0.2) is 58.4 Å². The van der Waals surface area contributed by atoms with Gasteiger partial charge in [0.05, 0.1) is 10.9 Å². The summed E-state index contributed by atoms with van der Waals surface area (Å²) in [6.07, 6.45) is 5.60. The van der Waals surface area contributed by atoms with Gasteiger partial charge in [-0.15, -0.1) is 0 Å². The van der Waals surface area contributed by atoms with E-state index in [-0.39, 0.29) is 12.5 Å². The van der Waals surface area contributed by atoms with Crippen LogP contribution in [0.1, 0.15) is 18.0 Å². The Hall–Kier alpha value is -2.87. The van der Waals surface area contributed by atoms with E-state index in [1.165, 1.54) is 0 Å². The number of thioether (sulfide) groups is 1. The van der Waals surface area contributed by atoms with E-state index in [2.05, 4.69) is 15.3 Å². The molecule has 8 heteroatoms. The van der Waals surface area contributed by atoms with Crippen molar-refractivity contribution in [1.82, 2.24) is 19.9 Å². The molecule has 0 aliphatic rings. The molecular formula is C19H20N4O3S. The molecule has 3 aromatic rings. The second-order valence-corrected chi connectivity index (χ2v) is 7.01. The highest BCUT2D eigenvalue weighted by atomic mass is 32.2. The van der Waals surface area contributed by atoms with Gasteiger partial charge in [-0.05, 0) is 42.2 Å². The van der Waals surface area contributed by atoms with Crippen molar-refractivity contribution in [2.24, 2.45) is 0 Å². The number of benzene rings is 1. The fraction of sp³-hybridized carbons (Fsp3) is 0.263. The molecule has 1 aromatic carbocycles. The van der Waals surface area contributed by atoms with Gasteiger partial charge in [0.25, 0.3) is 5.56 Å². The summed E-state index contributed by atoms with van der Waals surface area (Å²) < 4.78 is 1.02. The zero-order valence-electron chi connectivity index (χ0n) is 14.8. The number of para-hydroxylation sites is 1. The predicted molar refractivity (Wildman–Crippen MR) is 107 cm³/mol. The van der Waals surface area contributed by atoms with E-state index in [0.29, 0.717) is 23.1 Å². The minimum atomic E-state index is -0.880. The lowest BCUT2D eigenvalue weighted by molar-refractivity contribution is -0.124. The van der Waals surface area contributed by atoms with E-state index in [1.54, 1.807) is 54.5 Å². The van der Waals surface area contributed by atoms with Crippen LogP contribution in [0.4, 0.5) is 0 Å². The lowest BCUT2D eigenvalue weighted by Crippen LogP contribution is -2.44. The van der Waals surface area contributed by atoms with Crippen LogP contribution in [0.25, 0.3) is 10.9 Å². The van der Waals surface area contributed by atoms with Gasteiger partial charge in [-0.1, -0.05) is 18.2 Å². The van der Waals surface area contributed by atoms with Gasteiger partial charge in [0.1, 0.15) is 6.04 Å². The molecule has 0 saturated carbocycles. The Morgan fingerprint density at radius 3 is 2.81 bits per heavy atom. The van der Waals surface area contributed by atoms with Crippen molar-refractivity contribution in [2.75, 3.05) is 12.0 Å². The molecule has 1 unspecified atom stereocenters. The van der Waals surface area contributed by atoms with Crippen molar-refractivity contribution in [3.05, 3.63) is 75.2 Å². The monoisotopic (exact) mass is 384 g/mol. The first-order valence-corrected chi connectivity index (χ1v) is 9.90. The third-order valence-corrected chi connectivity index (χ3v) is 4.88. The summed E-state index contributed by atoms with van der Waals surface area (Å²) in [7, 11) is 0. The van der Waals surface area contributed by atoms with Gasteiger partial charge < -0.3 is 10.3 Å². The Kier molecular flexibility index (Phi) is 6.08. The summed E-state index contributed by atoms with van der Waals surface area (Å²) in [6.45, 7) is 0.280. The number of nitrogens with one attached hydrogen (secondary N) is 2. The topological polar surface area (TPSA) is 96.8 Å². The van der Waals surface area contributed by atoms with Crippen molar-refractivity contribution in [3.63, 3.8) is 0 Å². The number of aromatic nitrogens is 3. The number of rotatable bonds is 7. The lowest BCUT2D eigenvalue weighted by atomic mass is 10.1. The number of amides is 1. The summed E-state index contributed by atoms with van der Waals surface area (Å²) in [6, 6.07) is 9.53. The minimum absolute atomic E-state index is 0.280. The molecule has 0 aliphatic carbocycles. The molecule has 0 saturated heterocycles. The smallest absolute Gasteiger partial charge is 0.329 e. The number of hydrogen-bond acceptors (Lipinski definition) is 5. The largest absolute Gasteiger partial charge is 0.350 e. The predicted octanol–water partition coefficient (Wildman–Crippen LogP) is 1.70. The van der Waals surface area contributed by atoms with Gasteiger partial charge in [0.2, 0.25) is 5.91 Å². The minimum Gasteiger partial charge on any atom is -0.350 e. The molecule has 0 bridgehead atoms. The van der Waals surface area contributed by atoms with E-state index in [4.69, 9.17) is 0 Å². The maximum atomic E-state index is 12.9. The molecule has 2 aromatic heterocycles. The standard InChI is InChI=1S/C19H20N4O3S/c1-27-10-8-16(17(24)21-12-13-5-4-9-20-11-13)23-18(25)14-6-2-3-7-15(14)22-19(23)26/h2-7,9,11,16H,8,10,12H2,1H3,(H,21,24)(H,22,26). The lowest BCUT2D eigenvalue weighted by Gasteiger charge is -2.18. The highest BCUT2D eigenvalue weighted by Gasteiger charge is 2.24. The van der Waals surface area contributed by atoms with Gasteiger partial charge in [-0.25, -0.2) is 9.36 Å². The van der Waals surface area contributed by atoms with Crippen LogP contribution in [0.3, 0.4) is 0 Å². The molecule has 0 spiro atoms. The van der Waals surface area contributed by atoms with E-state index >= 15 is 0 Å². The third kappa shape index (κ3) is 4.28. The maximum absolute atomic E-state index is 12.9. The van der Waals surface area contributed by atoms with Crippen LogP contribution in [-0.4, -0.2) is 32.5 Å². The van der Waals surface area contributed by atoms with E-state index in [1.807, 2.05) is 12.3 Å². The molecule has 0 aliphatic heterocycles. The van der Waals surface area contributed by atoms with Crippen LogP contribution in [0.2, 0.25) is 0 Å².